The van der Waals surface area contributed by atoms with E-state index in [0.29, 0.717) is 5.75 Å². The molecule has 150 valence electrons. The van der Waals surface area contributed by atoms with Crippen molar-refractivity contribution in [2.24, 2.45) is 0 Å². The minimum Gasteiger partial charge on any atom is -0.491 e. The molecule has 0 amide bonds. The molecule has 2 atom stereocenters. The van der Waals surface area contributed by atoms with E-state index in [2.05, 4.69) is 55.5 Å². The molecule has 0 aromatic heterocycles. The summed E-state index contributed by atoms with van der Waals surface area (Å²) in [5, 5.41) is 19.1. The van der Waals surface area contributed by atoms with Gasteiger partial charge in [0.2, 0.25) is 0 Å². The van der Waals surface area contributed by atoms with E-state index < -0.39 is 12.2 Å². The van der Waals surface area contributed by atoms with Crippen LogP contribution >= 0.6 is 0 Å². The zero-order valence-electron chi connectivity index (χ0n) is 17.0. The van der Waals surface area contributed by atoms with Gasteiger partial charge < -0.3 is 14.9 Å². The number of aliphatic hydroxyl groups is 2. The Morgan fingerprint density at radius 3 is 1.79 bits per heavy atom. The molecule has 2 unspecified atom stereocenters. The van der Waals surface area contributed by atoms with Crippen molar-refractivity contribution >= 4 is 11.1 Å². The van der Waals surface area contributed by atoms with E-state index in [1.54, 1.807) is 6.92 Å². The maximum absolute atomic E-state index is 9.73. The molecular weight excluding hydrogens is 360 g/mol. The smallest absolute Gasteiger partial charge is 0.119 e. The third-order valence-corrected chi connectivity index (χ3v) is 4.96. The minimum absolute atomic E-state index is 0.0582. The van der Waals surface area contributed by atoms with Gasteiger partial charge in [-0.2, -0.15) is 0 Å². The molecular formula is C26H28O3. The Morgan fingerprint density at radius 1 is 0.759 bits per heavy atom. The lowest BCUT2D eigenvalue weighted by molar-refractivity contribution is 0.00227. The standard InChI is InChI=1S/C26H28O3/c1-3-24(20-10-6-4-7-11-20)26(21-12-8-5-9-13-21)22-14-16-23(17-15-22)29-18-25(28)19(2)27/h4-17,19,25,27-28H,3,18H2,1-2H3/b26-24+. The Kier molecular flexibility index (Phi) is 7.23. The van der Waals surface area contributed by atoms with Gasteiger partial charge in [0.05, 0.1) is 6.10 Å². The number of benzene rings is 3. The third kappa shape index (κ3) is 5.35. The summed E-state index contributed by atoms with van der Waals surface area (Å²) in [5.74, 6) is 0.665. The van der Waals surface area contributed by atoms with Gasteiger partial charge in [-0.05, 0) is 53.3 Å². The molecule has 0 aliphatic heterocycles. The fourth-order valence-corrected chi connectivity index (χ4v) is 3.32. The molecule has 3 rings (SSSR count). The average molecular weight is 389 g/mol. The van der Waals surface area contributed by atoms with Crippen molar-refractivity contribution in [3.05, 3.63) is 102 Å². The second kappa shape index (κ2) is 10.1. The number of aliphatic hydroxyl groups excluding tert-OH is 2. The highest BCUT2D eigenvalue weighted by Gasteiger charge is 2.14. The summed E-state index contributed by atoms with van der Waals surface area (Å²) in [6.07, 6.45) is -0.813. The van der Waals surface area contributed by atoms with E-state index in [4.69, 9.17) is 4.74 Å². The van der Waals surface area contributed by atoms with Gasteiger partial charge in [0.1, 0.15) is 18.5 Å². The van der Waals surface area contributed by atoms with E-state index in [1.165, 1.54) is 22.3 Å². The van der Waals surface area contributed by atoms with Crippen LogP contribution in [0.1, 0.15) is 37.0 Å². The minimum atomic E-state index is -0.903. The number of rotatable bonds is 8. The monoisotopic (exact) mass is 388 g/mol. The first-order valence-corrected chi connectivity index (χ1v) is 10.0. The third-order valence-electron chi connectivity index (χ3n) is 4.96. The summed E-state index contributed by atoms with van der Waals surface area (Å²) in [6.45, 7) is 3.78. The van der Waals surface area contributed by atoms with Crippen LogP contribution in [0.2, 0.25) is 0 Å². The molecule has 3 nitrogen and oxygen atoms in total. The summed E-state index contributed by atoms with van der Waals surface area (Å²) in [5.41, 5.74) is 5.99. The molecule has 0 saturated heterocycles. The van der Waals surface area contributed by atoms with Crippen LogP contribution in [0.25, 0.3) is 11.1 Å². The molecule has 3 aromatic rings. The molecule has 0 aliphatic rings. The highest BCUT2D eigenvalue weighted by molar-refractivity contribution is 5.98. The van der Waals surface area contributed by atoms with Crippen LogP contribution in [-0.4, -0.2) is 29.0 Å². The SMILES string of the molecule is CC/C(=C(/c1ccccc1)c1ccc(OCC(O)C(C)O)cc1)c1ccccc1. The summed E-state index contributed by atoms with van der Waals surface area (Å²) >= 11 is 0. The van der Waals surface area contributed by atoms with Crippen molar-refractivity contribution in [3.63, 3.8) is 0 Å². The molecule has 3 heteroatoms. The van der Waals surface area contributed by atoms with Crippen molar-refractivity contribution in [2.75, 3.05) is 6.61 Å². The summed E-state index contributed by atoms with van der Waals surface area (Å²) < 4.78 is 5.61. The Bertz CT molecular complexity index is 913. The van der Waals surface area contributed by atoms with Crippen LogP contribution in [0.3, 0.4) is 0 Å². The molecule has 0 bridgehead atoms. The first kappa shape index (κ1) is 20.8. The van der Waals surface area contributed by atoms with Crippen LogP contribution in [0, 0.1) is 0 Å². The summed E-state index contributed by atoms with van der Waals surface area (Å²) in [6, 6.07) is 28.8. The molecule has 3 aromatic carbocycles. The zero-order valence-corrected chi connectivity index (χ0v) is 17.0. The van der Waals surface area contributed by atoms with E-state index in [1.807, 2.05) is 36.4 Å². The number of allylic oxidation sites excluding steroid dienone is 1. The van der Waals surface area contributed by atoms with Gasteiger partial charge in [-0.3, -0.25) is 0 Å². The Hall–Kier alpha value is -2.88. The maximum Gasteiger partial charge on any atom is 0.119 e. The molecule has 0 radical (unpaired) electrons. The van der Waals surface area contributed by atoms with Crippen molar-refractivity contribution in [3.8, 4) is 5.75 Å². The average Bonchev–Trinajstić information content (AvgIpc) is 2.77. The number of hydrogen-bond acceptors (Lipinski definition) is 3. The van der Waals surface area contributed by atoms with Crippen LogP contribution in [0.4, 0.5) is 0 Å². The van der Waals surface area contributed by atoms with Gasteiger partial charge in [-0.25, -0.2) is 0 Å². The first-order chi connectivity index (χ1) is 14.1. The zero-order chi connectivity index (χ0) is 20.6. The molecule has 2 N–H and O–H groups in total. The fourth-order valence-electron chi connectivity index (χ4n) is 3.32. The molecule has 29 heavy (non-hydrogen) atoms. The lowest BCUT2D eigenvalue weighted by Gasteiger charge is -2.17. The highest BCUT2D eigenvalue weighted by atomic mass is 16.5. The van der Waals surface area contributed by atoms with Crippen LogP contribution in [0.15, 0.2) is 84.9 Å². The van der Waals surface area contributed by atoms with Crippen molar-refractivity contribution in [1.82, 2.24) is 0 Å². The van der Waals surface area contributed by atoms with E-state index >= 15 is 0 Å². The van der Waals surface area contributed by atoms with Crippen LogP contribution < -0.4 is 4.74 Å². The van der Waals surface area contributed by atoms with E-state index in [-0.39, 0.29) is 6.61 Å². The maximum atomic E-state index is 9.73. The first-order valence-electron chi connectivity index (χ1n) is 10.0. The second-order valence-electron chi connectivity index (χ2n) is 7.08. The van der Waals surface area contributed by atoms with Gasteiger partial charge in [0.25, 0.3) is 0 Å². The Labute approximate surface area is 172 Å². The van der Waals surface area contributed by atoms with Crippen molar-refractivity contribution in [2.45, 2.75) is 32.5 Å². The quantitative estimate of drug-likeness (QED) is 0.523. The van der Waals surface area contributed by atoms with Crippen molar-refractivity contribution in [1.29, 1.82) is 0 Å². The lowest BCUT2D eigenvalue weighted by Crippen LogP contribution is -2.29. The largest absolute Gasteiger partial charge is 0.491 e. The van der Waals surface area contributed by atoms with Gasteiger partial charge in [-0.15, -0.1) is 0 Å². The molecule has 0 aliphatic carbocycles. The molecule has 0 heterocycles. The molecule has 0 fully saturated rings. The van der Waals surface area contributed by atoms with E-state index in [9.17, 15) is 10.2 Å². The fraction of sp³-hybridized carbons (Fsp3) is 0.231. The van der Waals surface area contributed by atoms with Gasteiger partial charge >= 0.3 is 0 Å². The number of hydrogen-bond donors (Lipinski definition) is 2. The summed E-state index contributed by atoms with van der Waals surface area (Å²) in [7, 11) is 0. The Morgan fingerprint density at radius 2 is 1.28 bits per heavy atom. The Balaban J connectivity index is 1.98. The normalized spacial score (nSPS) is 14.1. The number of ether oxygens (including phenoxy) is 1. The lowest BCUT2D eigenvalue weighted by atomic mass is 9.88. The van der Waals surface area contributed by atoms with Gasteiger partial charge in [-0.1, -0.05) is 79.7 Å². The van der Waals surface area contributed by atoms with Gasteiger partial charge in [0.15, 0.2) is 0 Å². The predicted molar refractivity (Wildman–Crippen MR) is 119 cm³/mol. The van der Waals surface area contributed by atoms with Crippen LogP contribution in [0.5, 0.6) is 5.75 Å². The molecule has 0 spiro atoms. The van der Waals surface area contributed by atoms with Crippen molar-refractivity contribution < 1.29 is 14.9 Å². The topological polar surface area (TPSA) is 49.7 Å². The second-order valence-corrected chi connectivity index (χ2v) is 7.08. The highest BCUT2D eigenvalue weighted by Crippen LogP contribution is 2.34. The predicted octanol–water partition coefficient (Wildman–Crippen LogP) is 5.18. The summed E-state index contributed by atoms with van der Waals surface area (Å²) in [4.78, 5) is 0. The molecule has 0 saturated carbocycles. The van der Waals surface area contributed by atoms with Gasteiger partial charge in [0, 0.05) is 0 Å². The van der Waals surface area contributed by atoms with E-state index in [0.717, 1.165) is 12.0 Å². The van der Waals surface area contributed by atoms with Crippen LogP contribution in [-0.2, 0) is 0 Å².